The quantitative estimate of drug-likeness (QED) is 0.844. The van der Waals surface area contributed by atoms with Crippen LogP contribution >= 0.6 is 35.4 Å². The number of benzene rings is 1. The molecule has 0 amide bonds. The van der Waals surface area contributed by atoms with Crippen LogP contribution in [0, 0.1) is 4.64 Å². The van der Waals surface area contributed by atoms with Crippen molar-refractivity contribution in [2.45, 2.75) is 19.4 Å². The van der Waals surface area contributed by atoms with Crippen molar-refractivity contribution in [2.24, 2.45) is 0 Å². The normalized spacial score (nSPS) is 14.1. The number of ether oxygens (including phenoxy) is 1. The average Bonchev–Trinajstić information content (AvgIpc) is 2.42. The second-order valence-corrected chi connectivity index (χ2v) is 5.89. The number of aromatic nitrogens is 2. The van der Waals surface area contributed by atoms with E-state index in [4.69, 9.17) is 40.2 Å². The summed E-state index contributed by atoms with van der Waals surface area (Å²) < 4.78 is 6.01. The third-order valence-electron chi connectivity index (χ3n) is 3.27. The molecule has 3 nitrogen and oxygen atoms in total. The van der Waals surface area contributed by atoms with E-state index in [-0.39, 0.29) is 0 Å². The number of rotatable bonds is 2. The lowest BCUT2D eigenvalue weighted by molar-refractivity contribution is 0.108. The number of aromatic amines is 1. The molecule has 104 valence electrons. The van der Waals surface area contributed by atoms with Gasteiger partial charge in [-0.15, -0.1) is 0 Å². The number of nitrogens with zero attached hydrogens (tertiary/aromatic N) is 1. The van der Waals surface area contributed by atoms with Gasteiger partial charge in [0.25, 0.3) is 0 Å². The molecule has 2 heterocycles. The maximum Gasteiger partial charge on any atom is 0.135 e. The molecule has 1 aromatic carbocycles. The van der Waals surface area contributed by atoms with Gasteiger partial charge < -0.3 is 9.72 Å². The topological polar surface area (TPSA) is 37.9 Å². The predicted octanol–water partition coefficient (Wildman–Crippen LogP) is 4.11. The lowest BCUT2D eigenvalue weighted by Crippen LogP contribution is -2.15. The molecule has 6 heteroatoms. The maximum absolute atomic E-state index is 6.19. The number of halogens is 2. The van der Waals surface area contributed by atoms with Crippen molar-refractivity contribution in [1.29, 1.82) is 0 Å². The van der Waals surface area contributed by atoms with Gasteiger partial charge in [0.2, 0.25) is 0 Å². The SMILES string of the molecule is S=c1nc(Cc2ccc(Cl)cc2Cl)[nH]c2c1COCC2. The van der Waals surface area contributed by atoms with E-state index in [9.17, 15) is 0 Å². The van der Waals surface area contributed by atoms with E-state index in [2.05, 4.69) is 9.97 Å². The Morgan fingerprint density at radius 2 is 2.20 bits per heavy atom. The highest BCUT2D eigenvalue weighted by Crippen LogP contribution is 2.23. The summed E-state index contributed by atoms with van der Waals surface area (Å²) in [7, 11) is 0. The van der Waals surface area contributed by atoms with Crippen molar-refractivity contribution in [1.82, 2.24) is 9.97 Å². The molecule has 0 bridgehead atoms. The van der Waals surface area contributed by atoms with Gasteiger partial charge in [0.05, 0.1) is 13.2 Å². The largest absolute Gasteiger partial charge is 0.376 e. The van der Waals surface area contributed by atoms with Crippen molar-refractivity contribution in [3.05, 3.63) is 55.5 Å². The van der Waals surface area contributed by atoms with Gasteiger partial charge in [-0.05, 0) is 17.7 Å². The summed E-state index contributed by atoms with van der Waals surface area (Å²) in [5, 5.41) is 1.27. The lowest BCUT2D eigenvalue weighted by atomic mass is 10.1. The second kappa shape index (κ2) is 5.82. The fourth-order valence-corrected chi connectivity index (χ4v) is 3.00. The third kappa shape index (κ3) is 2.88. The van der Waals surface area contributed by atoms with Crippen LogP contribution in [-0.2, 0) is 24.2 Å². The van der Waals surface area contributed by atoms with Crippen molar-refractivity contribution < 1.29 is 4.74 Å². The number of hydrogen-bond donors (Lipinski definition) is 1. The maximum atomic E-state index is 6.19. The molecule has 1 aromatic heterocycles. The Kier molecular flexibility index (Phi) is 4.08. The molecular weight excluding hydrogens is 315 g/mol. The first-order chi connectivity index (χ1) is 9.63. The van der Waals surface area contributed by atoms with E-state index in [1.54, 1.807) is 6.07 Å². The van der Waals surface area contributed by atoms with Crippen LogP contribution in [-0.4, -0.2) is 16.6 Å². The Labute approximate surface area is 131 Å². The molecule has 3 rings (SSSR count). The van der Waals surface area contributed by atoms with Gasteiger partial charge in [-0.1, -0.05) is 41.5 Å². The molecule has 0 unspecified atom stereocenters. The molecule has 1 aliphatic heterocycles. The van der Waals surface area contributed by atoms with Crippen LogP contribution in [0.1, 0.15) is 22.6 Å². The van der Waals surface area contributed by atoms with Gasteiger partial charge >= 0.3 is 0 Å². The highest BCUT2D eigenvalue weighted by atomic mass is 35.5. The molecule has 1 N–H and O–H groups in total. The molecule has 0 fully saturated rings. The van der Waals surface area contributed by atoms with Crippen LogP contribution in [0.5, 0.6) is 0 Å². The van der Waals surface area contributed by atoms with E-state index in [1.165, 1.54) is 0 Å². The van der Waals surface area contributed by atoms with Gasteiger partial charge in [0.1, 0.15) is 10.5 Å². The molecule has 2 aromatic rings. The van der Waals surface area contributed by atoms with Crippen LogP contribution in [0.3, 0.4) is 0 Å². The Bertz CT molecular complexity index is 715. The van der Waals surface area contributed by atoms with Crippen LogP contribution in [0.15, 0.2) is 18.2 Å². The van der Waals surface area contributed by atoms with E-state index >= 15 is 0 Å². The molecule has 0 spiro atoms. The van der Waals surface area contributed by atoms with E-state index in [0.29, 0.717) is 34.3 Å². The summed E-state index contributed by atoms with van der Waals surface area (Å²) in [6.45, 7) is 1.25. The fourth-order valence-electron chi connectivity index (χ4n) is 2.24. The zero-order valence-electron chi connectivity index (χ0n) is 10.6. The molecule has 1 aliphatic rings. The Hall–Kier alpha value is -0.940. The molecule has 20 heavy (non-hydrogen) atoms. The standard InChI is InChI=1S/C14H12Cl2N2OS/c15-9-2-1-8(11(16)6-9)5-13-17-12-3-4-19-7-10(12)14(20)18-13/h1-2,6H,3-5,7H2,(H,17,18,20). The molecule has 0 aliphatic carbocycles. The van der Waals surface area contributed by atoms with Gasteiger partial charge in [0.15, 0.2) is 0 Å². The highest BCUT2D eigenvalue weighted by Gasteiger charge is 2.14. The summed E-state index contributed by atoms with van der Waals surface area (Å²) in [6.07, 6.45) is 1.44. The van der Waals surface area contributed by atoms with Gasteiger partial charge in [-0.25, -0.2) is 4.98 Å². The first-order valence-corrected chi connectivity index (χ1v) is 7.42. The summed E-state index contributed by atoms with van der Waals surface area (Å²) in [5.41, 5.74) is 3.09. The number of fused-ring (bicyclic) bond motifs is 1. The van der Waals surface area contributed by atoms with E-state index in [0.717, 1.165) is 29.1 Å². The number of nitrogens with one attached hydrogen (secondary N) is 1. The smallest absolute Gasteiger partial charge is 0.135 e. The van der Waals surface area contributed by atoms with Crippen LogP contribution in [0.4, 0.5) is 0 Å². The summed E-state index contributed by atoms with van der Waals surface area (Å²) in [6, 6.07) is 5.47. The molecule has 0 radical (unpaired) electrons. The minimum absolute atomic E-state index is 0.541. The zero-order valence-corrected chi connectivity index (χ0v) is 12.9. The Morgan fingerprint density at radius 1 is 1.35 bits per heavy atom. The summed E-state index contributed by atoms with van der Waals surface area (Å²) in [5.74, 6) is 0.819. The lowest BCUT2D eigenvalue weighted by Gasteiger charge is -2.17. The highest BCUT2D eigenvalue weighted by molar-refractivity contribution is 7.71. The fraction of sp³-hybridized carbons (Fsp3) is 0.286. The minimum atomic E-state index is 0.541. The zero-order chi connectivity index (χ0) is 14.1. The van der Waals surface area contributed by atoms with Crippen molar-refractivity contribution in [2.75, 3.05) is 6.61 Å². The van der Waals surface area contributed by atoms with Crippen molar-refractivity contribution in [3.8, 4) is 0 Å². The van der Waals surface area contributed by atoms with Crippen LogP contribution in [0.2, 0.25) is 10.0 Å². The van der Waals surface area contributed by atoms with Gasteiger partial charge in [-0.2, -0.15) is 0 Å². The first-order valence-electron chi connectivity index (χ1n) is 6.26. The van der Waals surface area contributed by atoms with Gasteiger partial charge in [-0.3, -0.25) is 0 Å². The van der Waals surface area contributed by atoms with E-state index in [1.807, 2.05) is 12.1 Å². The molecule has 0 saturated heterocycles. The Morgan fingerprint density at radius 3 is 3.00 bits per heavy atom. The summed E-state index contributed by atoms with van der Waals surface area (Å²) in [4.78, 5) is 7.78. The van der Waals surface area contributed by atoms with Crippen LogP contribution < -0.4 is 0 Å². The van der Waals surface area contributed by atoms with Crippen molar-refractivity contribution in [3.63, 3.8) is 0 Å². The van der Waals surface area contributed by atoms with Gasteiger partial charge in [0, 0.05) is 34.1 Å². The second-order valence-electron chi connectivity index (χ2n) is 4.66. The molecule has 0 saturated carbocycles. The minimum Gasteiger partial charge on any atom is -0.376 e. The summed E-state index contributed by atoms with van der Waals surface area (Å²) >= 11 is 17.4. The van der Waals surface area contributed by atoms with Crippen LogP contribution in [0.25, 0.3) is 0 Å². The third-order valence-corrected chi connectivity index (χ3v) is 4.19. The monoisotopic (exact) mass is 326 g/mol. The predicted molar refractivity (Wildman–Crippen MR) is 82.0 cm³/mol. The Balaban J connectivity index is 1.95. The van der Waals surface area contributed by atoms with E-state index < -0.39 is 0 Å². The first kappa shape index (κ1) is 14.0. The molecular formula is C14H12Cl2N2OS. The number of hydrogen-bond acceptors (Lipinski definition) is 3. The molecule has 0 atom stereocenters. The van der Waals surface area contributed by atoms with Crippen molar-refractivity contribution >= 4 is 35.4 Å². The average molecular weight is 327 g/mol. The number of H-pyrrole nitrogens is 1.